The van der Waals surface area contributed by atoms with E-state index in [-0.39, 0.29) is 24.2 Å². The molecule has 2 N–H and O–H groups in total. The molecule has 138 valence electrons. The lowest BCUT2D eigenvalue weighted by atomic mass is 10.1. The summed E-state index contributed by atoms with van der Waals surface area (Å²) in [6.45, 7) is 2.77. The van der Waals surface area contributed by atoms with Gasteiger partial charge in [0, 0.05) is 25.2 Å². The summed E-state index contributed by atoms with van der Waals surface area (Å²) >= 11 is 0. The van der Waals surface area contributed by atoms with Gasteiger partial charge in [0.25, 0.3) is 0 Å². The van der Waals surface area contributed by atoms with Crippen molar-refractivity contribution in [1.82, 2.24) is 20.4 Å². The summed E-state index contributed by atoms with van der Waals surface area (Å²) in [5.41, 5.74) is 0.438. The molecule has 1 heterocycles. The minimum absolute atomic E-state index is 0. The van der Waals surface area contributed by atoms with Crippen LogP contribution in [0.4, 0.5) is 13.2 Å². The van der Waals surface area contributed by atoms with Crippen LogP contribution in [0.2, 0.25) is 0 Å². The lowest BCUT2D eigenvalue weighted by Gasteiger charge is -2.12. The average Bonchev–Trinajstić information content (AvgIpc) is 3.03. The molecule has 1 unspecified atom stereocenters. The number of carbonyl (C=O) groups is 1. The highest BCUT2D eigenvalue weighted by Gasteiger charge is 2.33. The summed E-state index contributed by atoms with van der Waals surface area (Å²) < 4.78 is 38.8. The third-order valence-corrected chi connectivity index (χ3v) is 3.51. The first kappa shape index (κ1) is 21.0. The van der Waals surface area contributed by atoms with Crippen molar-refractivity contribution >= 4 is 18.3 Å². The van der Waals surface area contributed by atoms with Crippen LogP contribution in [0.1, 0.15) is 18.2 Å². The van der Waals surface area contributed by atoms with Crippen molar-refractivity contribution in [3.05, 3.63) is 47.8 Å². The topological polar surface area (TPSA) is 59.0 Å². The van der Waals surface area contributed by atoms with E-state index in [2.05, 4.69) is 15.7 Å². The van der Waals surface area contributed by atoms with E-state index in [9.17, 15) is 18.0 Å². The van der Waals surface area contributed by atoms with Gasteiger partial charge in [-0.15, -0.1) is 12.4 Å². The smallest absolute Gasteiger partial charge is 0.352 e. The average molecular weight is 377 g/mol. The summed E-state index contributed by atoms with van der Waals surface area (Å²) in [6.07, 6.45) is -3.20. The van der Waals surface area contributed by atoms with Gasteiger partial charge >= 0.3 is 6.18 Å². The van der Waals surface area contributed by atoms with Gasteiger partial charge in [-0.3, -0.25) is 4.79 Å². The van der Waals surface area contributed by atoms with E-state index in [0.717, 1.165) is 11.6 Å². The van der Waals surface area contributed by atoms with Gasteiger partial charge in [0.1, 0.15) is 0 Å². The number of nitrogens with zero attached hydrogens (tertiary/aromatic N) is 2. The van der Waals surface area contributed by atoms with Crippen LogP contribution in [-0.4, -0.2) is 29.3 Å². The van der Waals surface area contributed by atoms with Crippen molar-refractivity contribution in [2.24, 2.45) is 5.92 Å². The van der Waals surface area contributed by atoms with E-state index in [0.29, 0.717) is 18.8 Å². The monoisotopic (exact) mass is 376 g/mol. The molecule has 0 bridgehead atoms. The van der Waals surface area contributed by atoms with Crippen molar-refractivity contribution in [3.8, 4) is 5.69 Å². The molecule has 0 aliphatic rings. The predicted octanol–water partition coefficient (Wildman–Crippen LogP) is 2.78. The van der Waals surface area contributed by atoms with Crippen molar-refractivity contribution in [2.75, 3.05) is 13.6 Å². The first-order chi connectivity index (χ1) is 11.3. The molecule has 1 amide bonds. The summed E-state index contributed by atoms with van der Waals surface area (Å²) in [5, 5.41) is 9.27. The lowest BCUT2D eigenvalue weighted by Crippen LogP contribution is -2.33. The number of halogens is 4. The summed E-state index contributed by atoms with van der Waals surface area (Å²) in [6, 6.07) is 7.73. The molecule has 1 aromatic heterocycles. The fourth-order valence-corrected chi connectivity index (χ4v) is 2.15. The maximum Gasteiger partial charge on any atom is 0.435 e. The zero-order valence-corrected chi connectivity index (χ0v) is 14.6. The molecule has 0 aliphatic heterocycles. The first-order valence-corrected chi connectivity index (χ1v) is 7.45. The largest absolute Gasteiger partial charge is 0.435 e. The SMILES string of the molecule is CNCC(C)C(=O)NCc1ccc(-n2ccc(C(F)(F)F)n2)cc1.Cl. The first-order valence-electron chi connectivity index (χ1n) is 7.45. The van der Waals surface area contributed by atoms with E-state index in [1.165, 1.54) is 10.9 Å². The van der Waals surface area contributed by atoms with Crippen molar-refractivity contribution < 1.29 is 18.0 Å². The van der Waals surface area contributed by atoms with E-state index in [1.807, 2.05) is 6.92 Å². The van der Waals surface area contributed by atoms with Gasteiger partial charge in [-0.1, -0.05) is 19.1 Å². The highest BCUT2D eigenvalue weighted by Crippen LogP contribution is 2.27. The second-order valence-corrected chi connectivity index (χ2v) is 5.49. The summed E-state index contributed by atoms with van der Waals surface area (Å²) in [7, 11) is 1.78. The number of rotatable bonds is 6. The van der Waals surface area contributed by atoms with Crippen LogP contribution < -0.4 is 10.6 Å². The van der Waals surface area contributed by atoms with Gasteiger partial charge in [0.2, 0.25) is 5.91 Å². The molecular weight excluding hydrogens is 357 g/mol. The van der Waals surface area contributed by atoms with Crippen LogP contribution in [0.15, 0.2) is 36.5 Å². The Morgan fingerprint density at radius 3 is 2.40 bits per heavy atom. The van der Waals surface area contributed by atoms with Crippen molar-refractivity contribution in [2.45, 2.75) is 19.6 Å². The number of benzene rings is 1. The quantitative estimate of drug-likeness (QED) is 0.815. The zero-order valence-electron chi connectivity index (χ0n) is 13.8. The second-order valence-electron chi connectivity index (χ2n) is 5.49. The van der Waals surface area contributed by atoms with Gasteiger partial charge < -0.3 is 10.6 Å². The third-order valence-electron chi connectivity index (χ3n) is 3.51. The molecule has 0 aliphatic carbocycles. The minimum atomic E-state index is -4.46. The molecule has 0 saturated heterocycles. The molecule has 5 nitrogen and oxygen atoms in total. The highest BCUT2D eigenvalue weighted by atomic mass is 35.5. The fraction of sp³-hybridized carbons (Fsp3) is 0.375. The van der Waals surface area contributed by atoms with E-state index in [4.69, 9.17) is 0 Å². The van der Waals surface area contributed by atoms with Crippen LogP contribution in [0, 0.1) is 5.92 Å². The summed E-state index contributed by atoms with van der Waals surface area (Å²) in [4.78, 5) is 11.8. The van der Waals surface area contributed by atoms with Crippen LogP contribution in [-0.2, 0) is 17.5 Å². The van der Waals surface area contributed by atoms with Gasteiger partial charge in [-0.25, -0.2) is 4.68 Å². The van der Waals surface area contributed by atoms with Crippen LogP contribution in [0.3, 0.4) is 0 Å². The second kappa shape index (κ2) is 8.87. The molecule has 2 aromatic rings. The Labute approximate surface area is 150 Å². The third kappa shape index (κ3) is 5.75. The number of alkyl halides is 3. The van der Waals surface area contributed by atoms with Gasteiger partial charge in [0.05, 0.1) is 5.69 Å². The molecule has 25 heavy (non-hydrogen) atoms. The molecule has 2 rings (SSSR count). The van der Waals surface area contributed by atoms with Crippen LogP contribution in [0.5, 0.6) is 0 Å². The molecule has 1 atom stereocenters. The van der Waals surface area contributed by atoms with E-state index >= 15 is 0 Å². The van der Waals surface area contributed by atoms with Crippen LogP contribution in [0.25, 0.3) is 5.69 Å². The van der Waals surface area contributed by atoms with Gasteiger partial charge in [-0.2, -0.15) is 18.3 Å². The normalized spacial score (nSPS) is 12.4. The standard InChI is InChI=1S/C16H19F3N4O.ClH/c1-11(9-20-2)15(24)21-10-12-3-5-13(6-4-12)23-8-7-14(22-23)16(17,18)19;/h3-8,11,20H,9-10H2,1-2H3,(H,21,24);1H. The Morgan fingerprint density at radius 1 is 1.24 bits per heavy atom. The Hall–Kier alpha value is -2.06. The fourth-order valence-electron chi connectivity index (χ4n) is 2.15. The van der Waals surface area contributed by atoms with Gasteiger partial charge in [0.15, 0.2) is 5.69 Å². The molecule has 9 heteroatoms. The Kier molecular flexibility index (Phi) is 7.44. The van der Waals surface area contributed by atoms with Gasteiger partial charge in [-0.05, 0) is 30.8 Å². The highest BCUT2D eigenvalue weighted by molar-refractivity contribution is 5.85. The number of hydrogen-bond acceptors (Lipinski definition) is 3. The molecule has 1 aromatic carbocycles. The summed E-state index contributed by atoms with van der Waals surface area (Å²) in [5.74, 6) is -0.200. The number of amides is 1. The van der Waals surface area contributed by atoms with Crippen LogP contribution >= 0.6 is 12.4 Å². The number of hydrogen-bond donors (Lipinski definition) is 2. The molecule has 0 saturated carbocycles. The minimum Gasteiger partial charge on any atom is -0.352 e. The number of carbonyl (C=O) groups excluding carboxylic acids is 1. The molecular formula is C16H20ClF3N4O. The zero-order chi connectivity index (χ0) is 17.7. The van der Waals surface area contributed by atoms with E-state index < -0.39 is 11.9 Å². The van der Waals surface area contributed by atoms with Crippen molar-refractivity contribution in [3.63, 3.8) is 0 Å². The van der Waals surface area contributed by atoms with E-state index in [1.54, 1.807) is 31.3 Å². The molecule has 0 fully saturated rings. The number of aromatic nitrogens is 2. The number of nitrogens with one attached hydrogen (secondary N) is 2. The Bertz CT molecular complexity index is 685. The van der Waals surface area contributed by atoms with Crippen molar-refractivity contribution in [1.29, 1.82) is 0 Å². The molecule has 0 spiro atoms. The molecule has 0 radical (unpaired) electrons. The Morgan fingerprint density at radius 2 is 1.88 bits per heavy atom. The predicted molar refractivity (Wildman–Crippen MR) is 90.8 cm³/mol. The maximum absolute atomic E-state index is 12.6. The Balaban J connectivity index is 0.00000312. The maximum atomic E-state index is 12.6. The lowest BCUT2D eigenvalue weighted by molar-refractivity contribution is -0.141.